The predicted molar refractivity (Wildman–Crippen MR) is 113 cm³/mol. The Bertz CT molecular complexity index is 1160. The lowest BCUT2D eigenvalue weighted by Gasteiger charge is -2.03. The minimum atomic E-state index is 0.217. The Hall–Kier alpha value is -2.92. The Morgan fingerprint density at radius 3 is 2.48 bits per heavy atom. The quantitative estimate of drug-likeness (QED) is 0.650. The van der Waals surface area contributed by atoms with Crippen molar-refractivity contribution in [1.29, 1.82) is 0 Å². The number of benzene rings is 2. The van der Waals surface area contributed by atoms with Gasteiger partial charge in [-0.1, -0.05) is 47.7 Å². The molecule has 0 amide bonds. The van der Waals surface area contributed by atoms with Gasteiger partial charge in [-0.2, -0.15) is 0 Å². The number of rotatable bonds is 2. The first-order chi connectivity index (χ1) is 13.0. The number of aryl methyl sites for hydroxylation is 2. The third-order valence-corrected chi connectivity index (χ3v) is 5.89. The van der Waals surface area contributed by atoms with Gasteiger partial charge in [-0.15, -0.1) is 0 Å². The highest BCUT2D eigenvalue weighted by molar-refractivity contribution is 7.10. The Kier molecular flexibility index (Phi) is 4.32. The third-order valence-electron chi connectivity index (χ3n) is 4.82. The average molecular weight is 375 g/mol. The number of aliphatic imine (C=N–C) groups is 1. The number of thiazole rings is 1. The molecule has 0 fully saturated rings. The molecule has 0 saturated heterocycles. The molecule has 1 aliphatic rings. The van der Waals surface area contributed by atoms with E-state index >= 15 is 0 Å². The van der Waals surface area contributed by atoms with E-state index in [1.54, 1.807) is 4.57 Å². The number of aromatic hydroxyl groups is 1. The molecular weight excluding hydrogens is 354 g/mol. The van der Waals surface area contributed by atoms with Crippen LogP contribution in [0.1, 0.15) is 28.5 Å². The number of aromatic nitrogens is 1. The van der Waals surface area contributed by atoms with Crippen LogP contribution in [0.5, 0.6) is 5.88 Å². The molecule has 3 aromatic rings. The zero-order valence-corrected chi connectivity index (χ0v) is 16.6. The first-order valence-electron chi connectivity index (χ1n) is 8.82. The smallest absolute Gasteiger partial charge is 0.210 e. The fraction of sp³-hybridized carbons (Fsp3) is 0.182. The fourth-order valence-electron chi connectivity index (χ4n) is 3.29. The largest absolute Gasteiger partial charge is 0.493 e. The maximum absolute atomic E-state index is 10.7. The second-order valence-electron chi connectivity index (χ2n) is 6.76. The van der Waals surface area contributed by atoms with Gasteiger partial charge in [0.05, 0.1) is 16.3 Å². The zero-order chi connectivity index (χ0) is 19.1. The number of allylic oxidation sites excluding steroid dienone is 1. The van der Waals surface area contributed by atoms with Crippen molar-refractivity contribution >= 4 is 40.1 Å². The van der Waals surface area contributed by atoms with Crippen LogP contribution in [0.15, 0.2) is 52.4 Å². The number of hydrogen-bond donors (Lipinski definition) is 1. The Morgan fingerprint density at radius 1 is 1.04 bits per heavy atom. The Labute approximate surface area is 162 Å². The van der Waals surface area contributed by atoms with Crippen molar-refractivity contribution in [2.24, 2.45) is 17.0 Å². The highest BCUT2D eigenvalue weighted by atomic mass is 32.1. The van der Waals surface area contributed by atoms with Gasteiger partial charge in [0.1, 0.15) is 0 Å². The molecule has 0 unspecified atom stereocenters. The van der Waals surface area contributed by atoms with E-state index in [1.807, 2.05) is 44.3 Å². The van der Waals surface area contributed by atoms with Crippen LogP contribution in [0.4, 0.5) is 11.4 Å². The summed E-state index contributed by atoms with van der Waals surface area (Å²) < 4.78 is 1.73. The molecule has 2 aromatic carbocycles. The van der Waals surface area contributed by atoms with Gasteiger partial charge in [0.15, 0.2) is 4.80 Å². The lowest BCUT2D eigenvalue weighted by Crippen LogP contribution is -2.09. The topological polar surface area (TPSA) is 49.9 Å². The van der Waals surface area contributed by atoms with Crippen LogP contribution in [0, 0.1) is 13.8 Å². The first-order valence-corrected chi connectivity index (χ1v) is 9.64. The summed E-state index contributed by atoms with van der Waals surface area (Å²) in [4.78, 5) is 11.0. The van der Waals surface area contributed by atoms with Crippen LogP contribution in [-0.2, 0) is 7.05 Å². The van der Waals surface area contributed by atoms with E-state index < -0.39 is 0 Å². The number of hydrogen-bond acceptors (Lipinski definition) is 4. The molecule has 0 saturated carbocycles. The maximum Gasteiger partial charge on any atom is 0.210 e. The molecule has 27 heavy (non-hydrogen) atoms. The van der Waals surface area contributed by atoms with Crippen molar-refractivity contribution in [3.05, 3.63) is 68.8 Å². The number of nitrogens with zero attached hydrogens (tertiary/aromatic N) is 3. The van der Waals surface area contributed by atoms with Gasteiger partial charge < -0.3 is 5.11 Å². The molecule has 0 radical (unpaired) electrons. The minimum absolute atomic E-state index is 0.217. The van der Waals surface area contributed by atoms with Crippen LogP contribution in [0.3, 0.4) is 0 Å². The molecule has 136 valence electrons. The fourth-order valence-corrected chi connectivity index (χ4v) is 4.25. The standard InChI is InChI=1S/C22H21N3OS/c1-13-8-7-9-14(2)20(13)24-22-25(4)21(26)19(27-22)12-17-15(3)23-18-11-6-5-10-16(17)18/h5-12,26H,1-4H3/b17-12-,24-22?. The average Bonchev–Trinajstić information content (AvgIpc) is 3.10. The third kappa shape index (κ3) is 3.04. The van der Waals surface area contributed by atoms with E-state index in [-0.39, 0.29) is 5.88 Å². The van der Waals surface area contributed by atoms with Crippen molar-refractivity contribution in [2.45, 2.75) is 20.8 Å². The summed E-state index contributed by atoms with van der Waals surface area (Å²) in [6.45, 7) is 6.10. The van der Waals surface area contributed by atoms with Crippen molar-refractivity contribution < 1.29 is 5.11 Å². The van der Waals surface area contributed by atoms with Crippen molar-refractivity contribution in [2.75, 3.05) is 0 Å². The van der Waals surface area contributed by atoms with Crippen LogP contribution in [0.25, 0.3) is 11.6 Å². The van der Waals surface area contributed by atoms with Crippen LogP contribution < -0.4 is 4.80 Å². The maximum atomic E-state index is 10.7. The molecule has 1 aliphatic heterocycles. The van der Waals surface area contributed by atoms with Gasteiger partial charge in [0.2, 0.25) is 5.88 Å². The van der Waals surface area contributed by atoms with E-state index in [9.17, 15) is 5.11 Å². The summed E-state index contributed by atoms with van der Waals surface area (Å²) in [6, 6.07) is 14.2. The molecule has 0 atom stereocenters. The lowest BCUT2D eigenvalue weighted by molar-refractivity contribution is 0.427. The molecule has 1 N–H and O–H groups in total. The zero-order valence-electron chi connectivity index (χ0n) is 15.8. The summed E-state index contributed by atoms with van der Waals surface area (Å²) in [5.74, 6) is 0.217. The molecule has 4 nitrogen and oxygen atoms in total. The van der Waals surface area contributed by atoms with Gasteiger partial charge in [0, 0.05) is 23.9 Å². The normalized spacial score (nSPS) is 15.3. The second kappa shape index (κ2) is 6.67. The summed E-state index contributed by atoms with van der Waals surface area (Å²) >= 11 is 1.48. The Morgan fingerprint density at radius 2 is 1.74 bits per heavy atom. The molecule has 0 bridgehead atoms. The number of para-hydroxylation sites is 2. The summed E-state index contributed by atoms with van der Waals surface area (Å²) in [7, 11) is 1.84. The molecule has 4 rings (SSSR count). The first kappa shape index (κ1) is 17.5. The van der Waals surface area contributed by atoms with Crippen LogP contribution >= 0.6 is 11.3 Å². The van der Waals surface area contributed by atoms with E-state index in [1.165, 1.54) is 11.3 Å². The second-order valence-corrected chi connectivity index (χ2v) is 7.77. The lowest BCUT2D eigenvalue weighted by atomic mass is 10.0. The molecule has 2 heterocycles. The molecule has 1 aromatic heterocycles. The number of fused-ring (bicyclic) bond motifs is 1. The predicted octanol–water partition coefficient (Wildman–Crippen LogP) is 5.29. The van der Waals surface area contributed by atoms with E-state index in [0.29, 0.717) is 0 Å². The van der Waals surface area contributed by atoms with E-state index in [0.717, 1.165) is 49.0 Å². The molecule has 0 aliphatic carbocycles. The molecule has 5 heteroatoms. The van der Waals surface area contributed by atoms with Crippen LogP contribution in [-0.4, -0.2) is 15.4 Å². The van der Waals surface area contributed by atoms with Gasteiger partial charge >= 0.3 is 0 Å². The van der Waals surface area contributed by atoms with Crippen molar-refractivity contribution in [3.63, 3.8) is 0 Å². The van der Waals surface area contributed by atoms with Gasteiger partial charge in [-0.25, -0.2) is 4.99 Å². The highest BCUT2D eigenvalue weighted by Crippen LogP contribution is 2.37. The highest BCUT2D eigenvalue weighted by Gasteiger charge is 2.19. The molecule has 0 spiro atoms. The summed E-state index contributed by atoms with van der Waals surface area (Å²) in [6.07, 6.45) is 2.01. The van der Waals surface area contributed by atoms with Gasteiger partial charge in [-0.05, 0) is 44.0 Å². The summed E-state index contributed by atoms with van der Waals surface area (Å²) in [5.41, 5.74) is 7.27. The Balaban J connectivity index is 1.85. The van der Waals surface area contributed by atoms with Crippen molar-refractivity contribution in [1.82, 2.24) is 4.57 Å². The summed E-state index contributed by atoms with van der Waals surface area (Å²) in [5, 5.41) is 10.7. The van der Waals surface area contributed by atoms with Gasteiger partial charge in [0.25, 0.3) is 0 Å². The van der Waals surface area contributed by atoms with E-state index in [4.69, 9.17) is 4.99 Å². The van der Waals surface area contributed by atoms with E-state index in [2.05, 4.69) is 37.0 Å². The minimum Gasteiger partial charge on any atom is -0.493 e. The SMILES string of the molecule is CC1=Nc2ccccc2/C1=C\c1sc(=Nc2c(C)cccc2C)n(C)c1O. The molecular formula is C22H21N3OS. The van der Waals surface area contributed by atoms with Crippen molar-refractivity contribution in [3.8, 4) is 5.88 Å². The van der Waals surface area contributed by atoms with Crippen LogP contribution in [0.2, 0.25) is 0 Å². The van der Waals surface area contributed by atoms with Gasteiger partial charge in [-0.3, -0.25) is 9.56 Å². The monoisotopic (exact) mass is 375 g/mol.